The zero-order chi connectivity index (χ0) is 16.9. The Morgan fingerprint density at radius 1 is 0.875 bits per heavy atom. The number of carbonyl (C=O) groups is 3. The van der Waals surface area contributed by atoms with Gasteiger partial charge in [0.05, 0.1) is 0 Å². The zero-order valence-electron chi connectivity index (χ0n) is 12.8. The fraction of sp³-hybridized carbons (Fsp3) is 0.118. The Balaban J connectivity index is 1.59. The van der Waals surface area contributed by atoms with Crippen molar-refractivity contribution in [2.24, 2.45) is 0 Å². The van der Waals surface area contributed by atoms with E-state index in [-0.39, 0.29) is 6.03 Å². The van der Waals surface area contributed by atoms with Gasteiger partial charge in [-0.1, -0.05) is 18.2 Å². The average molecular weight is 324 g/mol. The summed E-state index contributed by atoms with van der Waals surface area (Å²) < 4.78 is 0. The van der Waals surface area contributed by atoms with Crippen molar-refractivity contribution in [1.29, 1.82) is 0 Å². The van der Waals surface area contributed by atoms with Crippen molar-refractivity contribution in [2.75, 3.05) is 18.0 Å². The number of urea groups is 1. The van der Waals surface area contributed by atoms with Crippen molar-refractivity contribution >= 4 is 23.5 Å². The molecule has 2 aromatic rings. The summed E-state index contributed by atoms with van der Waals surface area (Å²) in [6.45, 7) is 1.20. The lowest BCUT2D eigenvalue weighted by atomic mass is 10.2. The highest BCUT2D eigenvalue weighted by molar-refractivity contribution is 5.99. The quantitative estimate of drug-likeness (QED) is 0.743. The van der Waals surface area contributed by atoms with E-state index in [1.165, 1.54) is 0 Å². The molecule has 2 aromatic carbocycles. The average Bonchev–Trinajstić information content (AvgIpc) is 3.06. The summed E-state index contributed by atoms with van der Waals surface area (Å²) in [5, 5.41) is 2.71. The van der Waals surface area contributed by atoms with Gasteiger partial charge in [-0.3, -0.25) is 25.3 Å². The molecule has 122 valence electrons. The first kappa shape index (κ1) is 15.5. The lowest BCUT2D eigenvalue weighted by Crippen LogP contribution is -2.41. The van der Waals surface area contributed by atoms with Crippen LogP contribution >= 0.6 is 0 Å². The van der Waals surface area contributed by atoms with Crippen molar-refractivity contribution in [3.05, 3.63) is 65.7 Å². The molecule has 1 saturated heterocycles. The van der Waals surface area contributed by atoms with E-state index in [9.17, 15) is 14.4 Å². The van der Waals surface area contributed by atoms with Crippen LogP contribution in [0.25, 0.3) is 0 Å². The Bertz CT molecular complexity index is 759. The Morgan fingerprint density at radius 2 is 1.46 bits per heavy atom. The van der Waals surface area contributed by atoms with Crippen molar-refractivity contribution in [2.45, 2.75) is 0 Å². The van der Waals surface area contributed by atoms with Gasteiger partial charge in [-0.25, -0.2) is 4.79 Å². The van der Waals surface area contributed by atoms with E-state index in [2.05, 4.69) is 16.2 Å². The van der Waals surface area contributed by atoms with Gasteiger partial charge in [0.25, 0.3) is 11.8 Å². The third-order valence-corrected chi connectivity index (χ3v) is 3.62. The molecule has 0 aromatic heterocycles. The van der Waals surface area contributed by atoms with Crippen molar-refractivity contribution in [3.63, 3.8) is 0 Å². The molecule has 1 heterocycles. The number of hydrogen-bond acceptors (Lipinski definition) is 3. The summed E-state index contributed by atoms with van der Waals surface area (Å²) >= 11 is 0. The lowest BCUT2D eigenvalue weighted by molar-refractivity contribution is 0.0846. The van der Waals surface area contributed by atoms with Gasteiger partial charge in [-0.05, 0) is 36.4 Å². The Morgan fingerprint density at radius 3 is 2.00 bits per heavy atom. The molecule has 0 radical (unpaired) electrons. The normalized spacial score (nSPS) is 13.3. The van der Waals surface area contributed by atoms with Crippen molar-refractivity contribution in [1.82, 2.24) is 16.2 Å². The molecule has 1 aliphatic rings. The molecule has 0 aliphatic carbocycles. The molecule has 0 bridgehead atoms. The van der Waals surface area contributed by atoms with Crippen LogP contribution in [0, 0.1) is 0 Å². The van der Waals surface area contributed by atoms with E-state index >= 15 is 0 Å². The molecule has 0 unspecified atom stereocenters. The number of hydrogen-bond donors (Lipinski definition) is 3. The van der Waals surface area contributed by atoms with Crippen molar-refractivity contribution in [3.8, 4) is 0 Å². The van der Waals surface area contributed by atoms with E-state index < -0.39 is 11.8 Å². The molecular weight excluding hydrogens is 308 g/mol. The maximum Gasteiger partial charge on any atom is 0.321 e. The Hall–Kier alpha value is -3.35. The smallest absolute Gasteiger partial charge is 0.321 e. The van der Waals surface area contributed by atoms with E-state index in [1.54, 1.807) is 59.5 Å². The predicted octanol–water partition coefficient (Wildman–Crippen LogP) is 1.29. The number of hydrazine groups is 1. The summed E-state index contributed by atoms with van der Waals surface area (Å²) in [4.78, 5) is 37.1. The SMILES string of the molecule is O=C(NNC(=O)c1ccc(N2CCNC2=O)cc1)c1ccccc1. The first-order chi connectivity index (χ1) is 11.6. The topological polar surface area (TPSA) is 90.5 Å². The van der Waals surface area contributed by atoms with Gasteiger partial charge in [0.2, 0.25) is 0 Å². The second-order valence-electron chi connectivity index (χ2n) is 5.20. The zero-order valence-corrected chi connectivity index (χ0v) is 12.8. The first-order valence-electron chi connectivity index (χ1n) is 7.46. The second-order valence-corrected chi connectivity index (χ2v) is 5.20. The molecule has 7 nitrogen and oxygen atoms in total. The van der Waals surface area contributed by atoms with E-state index in [0.717, 1.165) is 5.69 Å². The molecule has 4 amide bonds. The molecule has 7 heteroatoms. The van der Waals surface area contributed by atoms with Crippen LogP contribution in [0.2, 0.25) is 0 Å². The van der Waals surface area contributed by atoms with Crippen LogP contribution in [0.5, 0.6) is 0 Å². The van der Waals surface area contributed by atoms with Crippen LogP contribution in [0.4, 0.5) is 10.5 Å². The standard InChI is InChI=1S/C17H16N4O3/c22-15(12-4-2-1-3-5-12)19-20-16(23)13-6-8-14(9-7-13)21-11-10-18-17(21)24/h1-9H,10-11H2,(H,18,24)(H,19,22)(H,20,23). The highest BCUT2D eigenvalue weighted by atomic mass is 16.2. The van der Waals surface area contributed by atoms with E-state index in [0.29, 0.717) is 24.2 Å². The Kier molecular flexibility index (Phi) is 4.42. The highest BCUT2D eigenvalue weighted by Gasteiger charge is 2.21. The van der Waals surface area contributed by atoms with Crippen molar-refractivity contribution < 1.29 is 14.4 Å². The van der Waals surface area contributed by atoms with Crippen LogP contribution in [0.3, 0.4) is 0 Å². The maximum absolute atomic E-state index is 12.1. The van der Waals surface area contributed by atoms with Crippen LogP contribution in [-0.2, 0) is 0 Å². The van der Waals surface area contributed by atoms with Gasteiger partial charge in [-0.2, -0.15) is 0 Å². The van der Waals surface area contributed by atoms with Crippen LogP contribution < -0.4 is 21.1 Å². The molecule has 1 fully saturated rings. The number of nitrogens with zero attached hydrogens (tertiary/aromatic N) is 1. The van der Waals surface area contributed by atoms with Crippen LogP contribution in [0.1, 0.15) is 20.7 Å². The molecule has 0 atom stereocenters. The lowest BCUT2D eigenvalue weighted by Gasteiger charge is -2.14. The van der Waals surface area contributed by atoms with Crippen LogP contribution in [0.15, 0.2) is 54.6 Å². The summed E-state index contributed by atoms with van der Waals surface area (Å²) in [6, 6.07) is 15.0. The largest absolute Gasteiger partial charge is 0.336 e. The van der Waals surface area contributed by atoms with E-state index in [4.69, 9.17) is 0 Å². The number of anilines is 1. The third kappa shape index (κ3) is 3.35. The predicted molar refractivity (Wildman–Crippen MR) is 88.6 cm³/mol. The molecule has 0 spiro atoms. The first-order valence-corrected chi connectivity index (χ1v) is 7.46. The van der Waals surface area contributed by atoms with Gasteiger partial charge in [0, 0.05) is 29.9 Å². The van der Waals surface area contributed by atoms with Gasteiger partial charge >= 0.3 is 6.03 Å². The minimum Gasteiger partial charge on any atom is -0.336 e. The number of rotatable bonds is 3. The van der Waals surface area contributed by atoms with Gasteiger partial charge in [0.15, 0.2) is 0 Å². The summed E-state index contributed by atoms with van der Waals surface area (Å²) in [7, 11) is 0. The van der Waals surface area contributed by atoms with Crippen LogP contribution in [-0.4, -0.2) is 30.9 Å². The molecule has 3 rings (SSSR count). The van der Waals surface area contributed by atoms with Gasteiger partial charge in [0.1, 0.15) is 0 Å². The molecule has 24 heavy (non-hydrogen) atoms. The monoisotopic (exact) mass is 324 g/mol. The highest BCUT2D eigenvalue weighted by Crippen LogP contribution is 2.17. The fourth-order valence-corrected chi connectivity index (χ4v) is 2.36. The number of nitrogens with one attached hydrogen (secondary N) is 3. The number of benzene rings is 2. The molecule has 3 N–H and O–H groups in total. The van der Waals surface area contributed by atoms with Gasteiger partial charge < -0.3 is 5.32 Å². The third-order valence-electron chi connectivity index (χ3n) is 3.62. The molecule has 1 aliphatic heterocycles. The Labute approximate surface area is 138 Å². The summed E-state index contributed by atoms with van der Waals surface area (Å²) in [5.74, 6) is -0.828. The fourth-order valence-electron chi connectivity index (χ4n) is 2.36. The van der Waals surface area contributed by atoms with E-state index in [1.807, 2.05) is 0 Å². The maximum atomic E-state index is 12.1. The molecule has 0 saturated carbocycles. The minimum absolute atomic E-state index is 0.151. The number of amides is 4. The molecular formula is C17H16N4O3. The second kappa shape index (κ2) is 6.82. The summed E-state index contributed by atoms with van der Waals surface area (Å²) in [5.41, 5.74) is 6.28. The minimum atomic E-state index is -0.434. The number of carbonyl (C=O) groups excluding carboxylic acids is 3. The van der Waals surface area contributed by atoms with Gasteiger partial charge in [-0.15, -0.1) is 0 Å². The summed E-state index contributed by atoms with van der Waals surface area (Å²) in [6.07, 6.45) is 0.